The van der Waals surface area contributed by atoms with Gasteiger partial charge in [-0.2, -0.15) is 0 Å². The van der Waals surface area contributed by atoms with Crippen LogP contribution in [0, 0.1) is 6.92 Å². The third kappa shape index (κ3) is 1.71. The molecule has 5 nitrogen and oxygen atoms in total. The summed E-state index contributed by atoms with van der Waals surface area (Å²) in [6.45, 7) is 1.93. The fourth-order valence-electron chi connectivity index (χ4n) is 1.29. The molecule has 2 aromatic heterocycles. The summed E-state index contributed by atoms with van der Waals surface area (Å²) >= 11 is 0. The Hall–Kier alpha value is -2.17. The standard InChI is InChI=1S/C10H9N3O2/c1-7-2-3-11-4-9(7)13-5-8(10(14)15)12-6-13/h2-6H,1H3,(H,14,15). The van der Waals surface area contributed by atoms with Gasteiger partial charge in [-0.05, 0) is 18.6 Å². The minimum absolute atomic E-state index is 0.0262. The summed E-state index contributed by atoms with van der Waals surface area (Å²) in [6, 6.07) is 1.86. The maximum atomic E-state index is 10.6. The van der Waals surface area contributed by atoms with Gasteiger partial charge >= 0.3 is 5.97 Å². The monoisotopic (exact) mass is 203 g/mol. The van der Waals surface area contributed by atoms with Gasteiger partial charge in [0.2, 0.25) is 0 Å². The van der Waals surface area contributed by atoms with E-state index in [0.29, 0.717) is 0 Å². The number of aryl methyl sites for hydroxylation is 1. The quantitative estimate of drug-likeness (QED) is 0.798. The van der Waals surface area contributed by atoms with Gasteiger partial charge in [0.25, 0.3) is 0 Å². The second-order valence-electron chi connectivity index (χ2n) is 3.13. The Bertz CT molecular complexity index is 505. The highest BCUT2D eigenvalue weighted by atomic mass is 16.4. The SMILES string of the molecule is Cc1ccncc1-n1cnc(C(=O)O)c1. The molecule has 0 fully saturated rings. The van der Waals surface area contributed by atoms with Crippen LogP contribution in [0.15, 0.2) is 31.0 Å². The summed E-state index contributed by atoms with van der Waals surface area (Å²) in [4.78, 5) is 18.4. The van der Waals surface area contributed by atoms with E-state index in [1.807, 2.05) is 13.0 Å². The van der Waals surface area contributed by atoms with E-state index >= 15 is 0 Å². The fraction of sp³-hybridized carbons (Fsp3) is 0.100. The van der Waals surface area contributed by atoms with Gasteiger partial charge in [0.1, 0.15) is 6.33 Å². The minimum Gasteiger partial charge on any atom is -0.476 e. The highest BCUT2D eigenvalue weighted by Crippen LogP contribution is 2.11. The Morgan fingerprint density at radius 2 is 2.33 bits per heavy atom. The van der Waals surface area contributed by atoms with E-state index in [1.165, 1.54) is 12.5 Å². The second-order valence-corrected chi connectivity index (χ2v) is 3.13. The number of carbonyl (C=O) groups is 1. The van der Waals surface area contributed by atoms with Crippen LogP contribution in [-0.2, 0) is 0 Å². The lowest BCUT2D eigenvalue weighted by molar-refractivity contribution is 0.0691. The Morgan fingerprint density at radius 1 is 1.53 bits per heavy atom. The first-order chi connectivity index (χ1) is 7.18. The van der Waals surface area contributed by atoms with Crippen molar-refractivity contribution in [3.8, 4) is 5.69 Å². The van der Waals surface area contributed by atoms with Crippen LogP contribution in [0.25, 0.3) is 5.69 Å². The van der Waals surface area contributed by atoms with Gasteiger partial charge in [-0.15, -0.1) is 0 Å². The molecule has 1 N–H and O–H groups in total. The largest absolute Gasteiger partial charge is 0.476 e. The molecule has 0 unspecified atom stereocenters. The molecule has 15 heavy (non-hydrogen) atoms. The Morgan fingerprint density at radius 3 is 2.93 bits per heavy atom. The zero-order valence-corrected chi connectivity index (χ0v) is 8.08. The molecular weight excluding hydrogens is 194 g/mol. The second kappa shape index (κ2) is 3.53. The number of aromatic nitrogens is 3. The maximum absolute atomic E-state index is 10.6. The van der Waals surface area contributed by atoms with Crippen molar-refractivity contribution in [3.63, 3.8) is 0 Å². The van der Waals surface area contributed by atoms with Crippen molar-refractivity contribution in [2.24, 2.45) is 0 Å². The Kier molecular flexibility index (Phi) is 2.21. The van der Waals surface area contributed by atoms with Crippen molar-refractivity contribution in [1.29, 1.82) is 0 Å². The van der Waals surface area contributed by atoms with Crippen LogP contribution in [0.5, 0.6) is 0 Å². The molecule has 2 rings (SSSR count). The van der Waals surface area contributed by atoms with E-state index in [9.17, 15) is 4.79 Å². The third-order valence-electron chi connectivity index (χ3n) is 2.09. The number of imidazole rings is 1. The van der Waals surface area contributed by atoms with Crippen molar-refractivity contribution < 1.29 is 9.90 Å². The molecule has 0 bridgehead atoms. The topological polar surface area (TPSA) is 68.0 Å². The van der Waals surface area contributed by atoms with Gasteiger partial charge in [0, 0.05) is 12.4 Å². The molecule has 0 saturated heterocycles. The van der Waals surface area contributed by atoms with Crippen LogP contribution in [-0.4, -0.2) is 25.6 Å². The van der Waals surface area contributed by atoms with E-state index in [4.69, 9.17) is 5.11 Å². The molecule has 76 valence electrons. The molecule has 0 amide bonds. The Labute approximate surface area is 86.0 Å². The molecule has 2 heterocycles. The number of hydrogen-bond acceptors (Lipinski definition) is 3. The van der Waals surface area contributed by atoms with E-state index in [1.54, 1.807) is 17.0 Å². The van der Waals surface area contributed by atoms with Gasteiger partial charge in [0.15, 0.2) is 5.69 Å². The molecule has 5 heteroatoms. The van der Waals surface area contributed by atoms with Crippen LogP contribution in [0.2, 0.25) is 0 Å². The van der Waals surface area contributed by atoms with E-state index < -0.39 is 5.97 Å². The minimum atomic E-state index is -1.03. The molecule has 0 aliphatic heterocycles. The van der Waals surface area contributed by atoms with Crippen LogP contribution in [0.3, 0.4) is 0 Å². The summed E-state index contributed by atoms with van der Waals surface area (Å²) in [5.41, 5.74) is 1.87. The van der Waals surface area contributed by atoms with Gasteiger partial charge in [-0.25, -0.2) is 9.78 Å². The van der Waals surface area contributed by atoms with Gasteiger partial charge in [-0.3, -0.25) is 4.98 Å². The summed E-state index contributed by atoms with van der Waals surface area (Å²) in [6.07, 6.45) is 6.29. The lowest BCUT2D eigenvalue weighted by Gasteiger charge is -2.03. The van der Waals surface area contributed by atoms with Gasteiger partial charge in [-0.1, -0.05) is 0 Å². The molecular formula is C10H9N3O2. The van der Waals surface area contributed by atoms with Crippen molar-refractivity contribution in [2.45, 2.75) is 6.92 Å². The van der Waals surface area contributed by atoms with E-state index in [0.717, 1.165) is 11.3 Å². The predicted octanol–water partition coefficient (Wildman–Crippen LogP) is 1.27. The van der Waals surface area contributed by atoms with Crippen LogP contribution in [0.4, 0.5) is 0 Å². The molecule has 0 radical (unpaired) electrons. The fourth-order valence-corrected chi connectivity index (χ4v) is 1.29. The first-order valence-corrected chi connectivity index (χ1v) is 4.37. The van der Waals surface area contributed by atoms with Crippen molar-refractivity contribution in [2.75, 3.05) is 0 Å². The molecule has 0 saturated carbocycles. The van der Waals surface area contributed by atoms with Crippen LogP contribution < -0.4 is 0 Å². The highest BCUT2D eigenvalue weighted by Gasteiger charge is 2.08. The number of hydrogen-bond donors (Lipinski definition) is 1. The number of carboxylic acid groups (broad SMARTS) is 1. The molecule has 0 aliphatic carbocycles. The average Bonchev–Trinajstić information content (AvgIpc) is 2.67. The lowest BCUT2D eigenvalue weighted by Crippen LogP contribution is -1.97. The molecule has 0 aliphatic rings. The van der Waals surface area contributed by atoms with Gasteiger partial charge < -0.3 is 9.67 Å². The first kappa shape index (κ1) is 9.39. The first-order valence-electron chi connectivity index (χ1n) is 4.37. The zero-order valence-electron chi connectivity index (χ0n) is 8.08. The summed E-state index contributed by atoms with van der Waals surface area (Å²) in [5.74, 6) is -1.03. The number of aromatic carboxylic acids is 1. The van der Waals surface area contributed by atoms with Crippen molar-refractivity contribution in [1.82, 2.24) is 14.5 Å². The summed E-state index contributed by atoms with van der Waals surface area (Å²) in [5, 5.41) is 8.72. The summed E-state index contributed by atoms with van der Waals surface area (Å²) in [7, 11) is 0. The number of carboxylic acids is 1. The normalized spacial score (nSPS) is 10.2. The molecule has 0 aromatic carbocycles. The molecule has 2 aromatic rings. The lowest BCUT2D eigenvalue weighted by atomic mass is 10.2. The Balaban J connectivity index is 2.46. The number of rotatable bonds is 2. The molecule has 0 atom stereocenters. The molecule has 0 spiro atoms. The van der Waals surface area contributed by atoms with Crippen LogP contribution >= 0.6 is 0 Å². The van der Waals surface area contributed by atoms with Gasteiger partial charge in [0.05, 0.1) is 11.9 Å². The highest BCUT2D eigenvalue weighted by molar-refractivity contribution is 5.85. The smallest absolute Gasteiger partial charge is 0.356 e. The predicted molar refractivity (Wildman–Crippen MR) is 53.1 cm³/mol. The third-order valence-corrected chi connectivity index (χ3v) is 2.09. The van der Waals surface area contributed by atoms with Crippen molar-refractivity contribution in [3.05, 3.63) is 42.2 Å². The summed E-state index contributed by atoms with van der Waals surface area (Å²) < 4.78 is 1.64. The average molecular weight is 203 g/mol. The van der Waals surface area contributed by atoms with Crippen molar-refractivity contribution >= 4 is 5.97 Å². The maximum Gasteiger partial charge on any atom is 0.356 e. The van der Waals surface area contributed by atoms with E-state index in [2.05, 4.69) is 9.97 Å². The van der Waals surface area contributed by atoms with E-state index in [-0.39, 0.29) is 5.69 Å². The number of nitrogens with zero attached hydrogens (tertiary/aromatic N) is 3. The number of pyridine rings is 1. The zero-order chi connectivity index (χ0) is 10.8. The van der Waals surface area contributed by atoms with Crippen LogP contribution in [0.1, 0.15) is 16.1 Å².